The highest BCUT2D eigenvalue weighted by Gasteiger charge is 2.37. The van der Waals surface area contributed by atoms with E-state index in [-0.39, 0.29) is 0 Å². The molecule has 0 amide bonds. The van der Waals surface area contributed by atoms with Crippen LogP contribution in [0.1, 0.15) is 38.5 Å². The molecule has 0 unspecified atom stereocenters. The maximum Gasteiger partial charge on any atom is 0.260 e. The summed E-state index contributed by atoms with van der Waals surface area (Å²) in [5.74, 6) is 0.997. The van der Waals surface area contributed by atoms with Crippen LogP contribution in [-0.2, 0) is 0 Å². The number of oxazole rings is 1. The molecule has 1 aliphatic carbocycles. The number of nitrogens with zero attached hydrogens (tertiary/aromatic N) is 5. The molecule has 0 aromatic carbocycles. The quantitative estimate of drug-likeness (QED) is 0.707. The summed E-state index contributed by atoms with van der Waals surface area (Å²) in [6.07, 6.45) is 17.2. The van der Waals surface area contributed by atoms with Crippen molar-refractivity contribution in [3.05, 3.63) is 31.1 Å². The van der Waals surface area contributed by atoms with E-state index in [0.29, 0.717) is 10.6 Å². The Morgan fingerprint density at radius 2 is 1.84 bits per heavy atom. The minimum atomic E-state index is 0.612. The zero-order chi connectivity index (χ0) is 16.7. The van der Waals surface area contributed by atoms with Crippen LogP contribution in [0, 0.1) is 5.41 Å². The van der Waals surface area contributed by atoms with Crippen LogP contribution >= 0.6 is 11.8 Å². The van der Waals surface area contributed by atoms with E-state index in [9.17, 15) is 0 Å². The summed E-state index contributed by atoms with van der Waals surface area (Å²) < 4.78 is 7.43. The molecule has 7 heteroatoms. The first-order valence-corrected chi connectivity index (χ1v) is 9.79. The molecule has 0 N–H and O–H groups in total. The largest absolute Gasteiger partial charge is 0.440 e. The van der Waals surface area contributed by atoms with Crippen LogP contribution in [0.25, 0.3) is 5.65 Å². The number of hydrogen-bond acceptors (Lipinski definition) is 6. The molecule has 25 heavy (non-hydrogen) atoms. The Morgan fingerprint density at radius 3 is 2.60 bits per heavy atom. The van der Waals surface area contributed by atoms with E-state index < -0.39 is 0 Å². The van der Waals surface area contributed by atoms with Gasteiger partial charge in [-0.05, 0) is 42.9 Å². The van der Waals surface area contributed by atoms with Gasteiger partial charge in [0.25, 0.3) is 5.22 Å². The van der Waals surface area contributed by atoms with Crippen molar-refractivity contribution in [2.75, 3.05) is 18.0 Å². The van der Waals surface area contributed by atoms with Crippen molar-refractivity contribution in [2.24, 2.45) is 5.41 Å². The molecule has 2 fully saturated rings. The Balaban J connectivity index is 1.42. The Hall–Kier alpha value is -2.02. The van der Waals surface area contributed by atoms with Gasteiger partial charge in [0.15, 0.2) is 5.65 Å². The maximum absolute atomic E-state index is 5.34. The smallest absolute Gasteiger partial charge is 0.260 e. The molecule has 4 heterocycles. The fourth-order valence-corrected chi connectivity index (χ4v) is 5.10. The van der Waals surface area contributed by atoms with Gasteiger partial charge in [-0.25, -0.2) is 15.0 Å². The van der Waals surface area contributed by atoms with Gasteiger partial charge in [-0.2, -0.15) is 0 Å². The lowest BCUT2D eigenvalue weighted by Crippen LogP contribution is -2.40. The lowest BCUT2D eigenvalue weighted by atomic mass is 9.77. The number of aromatic nitrogens is 4. The molecule has 3 aromatic rings. The monoisotopic (exact) mass is 355 g/mol. The molecule has 0 atom stereocenters. The van der Waals surface area contributed by atoms with Crippen LogP contribution in [-0.4, -0.2) is 32.4 Å². The van der Waals surface area contributed by atoms with Crippen LogP contribution in [0.2, 0.25) is 0 Å². The average molecular weight is 355 g/mol. The highest BCUT2D eigenvalue weighted by Crippen LogP contribution is 2.46. The third-order valence-electron chi connectivity index (χ3n) is 5.75. The third kappa shape index (κ3) is 2.70. The van der Waals surface area contributed by atoms with Crippen molar-refractivity contribution >= 4 is 23.4 Å². The molecule has 1 spiro atoms. The number of fused-ring (bicyclic) bond motifs is 1. The fourth-order valence-electron chi connectivity index (χ4n) is 4.35. The second-order valence-electron chi connectivity index (χ2n) is 7.14. The summed E-state index contributed by atoms with van der Waals surface area (Å²) in [6, 6.07) is 0. The predicted octanol–water partition coefficient (Wildman–Crippen LogP) is 4.03. The van der Waals surface area contributed by atoms with Gasteiger partial charge in [-0.3, -0.25) is 4.40 Å². The van der Waals surface area contributed by atoms with E-state index in [1.165, 1.54) is 50.3 Å². The minimum absolute atomic E-state index is 0.612. The molecular formula is C18H21N5OS. The van der Waals surface area contributed by atoms with Gasteiger partial charge in [0.2, 0.25) is 5.95 Å². The third-order valence-corrected chi connectivity index (χ3v) is 6.64. The van der Waals surface area contributed by atoms with E-state index in [0.717, 1.165) is 29.6 Å². The van der Waals surface area contributed by atoms with Gasteiger partial charge >= 0.3 is 0 Å². The number of anilines is 1. The van der Waals surface area contributed by atoms with Crippen LogP contribution in [0.5, 0.6) is 0 Å². The van der Waals surface area contributed by atoms with Crippen LogP contribution in [0.4, 0.5) is 5.95 Å². The first-order chi connectivity index (χ1) is 12.3. The van der Waals surface area contributed by atoms with Gasteiger partial charge < -0.3 is 9.32 Å². The lowest BCUT2D eigenvalue weighted by Gasteiger charge is -2.39. The average Bonchev–Trinajstić information content (AvgIpc) is 3.38. The van der Waals surface area contributed by atoms with Crippen molar-refractivity contribution < 1.29 is 4.42 Å². The topological polar surface area (TPSA) is 59.5 Å². The lowest BCUT2D eigenvalue weighted by molar-refractivity contribution is 0.225. The Labute approximate surface area is 150 Å². The molecule has 6 nitrogen and oxygen atoms in total. The molecule has 5 rings (SSSR count). The van der Waals surface area contributed by atoms with Crippen molar-refractivity contribution in [1.29, 1.82) is 0 Å². The first kappa shape index (κ1) is 15.3. The molecule has 3 aromatic heterocycles. The highest BCUT2D eigenvalue weighted by atomic mass is 32.2. The summed E-state index contributed by atoms with van der Waals surface area (Å²) in [6.45, 7) is 2.18. The zero-order valence-corrected chi connectivity index (χ0v) is 14.9. The maximum atomic E-state index is 5.34. The number of imidazole rings is 1. The number of rotatable bonds is 3. The van der Waals surface area contributed by atoms with Gasteiger partial charge in [0.05, 0.1) is 11.1 Å². The van der Waals surface area contributed by atoms with Crippen molar-refractivity contribution in [2.45, 2.75) is 48.6 Å². The fraction of sp³-hybridized carbons (Fsp3) is 0.500. The van der Waals surface area contributed by atoms with E-state index >= 15 is 0 Å². The minimum Gasteiger partial charge on any atom is -0.440 e. The molecule has 130 valence electrons. The molecule has 1 aliphatic heterocycles. The molecule has 0 bridgehead atoms. The van der Waals surface area contributed by atoms with Crippen LogP contribution in [0.15, 0.2) is 45.6 Å². The van der Waals surface area contributed by atoms with Gasteiger partial charge in [0.1, 0.15) is 6.26 Å². The Morgan fingerprint density at radius 1 is 1.00 bits per heavy atom. The number of hydrogen-bond donors (Lipinski definition) is 0. The van der Waals surface area contributed by atoms with E-state index in [2.05, 4.69) is 19.3 Å². The first-order valence-electron chi connectivity index (χ1n) is 8.97. The van der Waals surface area contributed by atoms with Gasteiger partial charge in [-0.1, -0.05) is 12.8 Å². The predicted molar refractivity (Wildman–Crippen MR) is 96.0 cm³/mol. The molecule has 1 saturated heterocycles. The van der Waals surface area contributed by atoms with E-state index in [1.807, 2.05) is 18.6 Å². The number of piperidine rings is 1. The molecule has 1 saturated carbocycles. The van der Waals surface area contributed by atoms with Gasteiger partial charge in [0, 0.05) is 31.7 Å². The second-order valence-corrected chi connectivity index (χ2v) is 8.13. The molecular weight excluding hydrogens is 334 g/mol. The van der Waals surface area contributed by atoms with Crippen LogP contribution < -0.4 is 4.90 Å². The second kappa shape index (κ2) is 6.05. The summed E-state index contributed by atoms with van der Waals surface area (Å²) in [5.41, 5.74) is 1.53. The normalized spacial score (nSPS) is 19.9. The summed E-state index contributed by atoms with van der Waals surface area (Å²) in [7, 11) is 0. The van der Waals surface area contributed by atoms with E-state index in [1.54, 1.807) is 12.5 Å². The van der Waals surface area contributed by atoms with Crippen LogP contribution in [0.3, 0.4) is 0 Å². The van der Waals surface area contributed by atoms with Gasteiger partial charge in [-0.15, -0.1) is 0 Å². The Bertz CT molecular complexity index is 859. The zero-order valence-electron chi connectivity index (χ0n) is 14.1. The summed E-state index contributed by atoms with van der Waals surface area (Å²) in [4.78, 5) is 16.8. The summed E-state index contributed by atoms with van der Waals surface area (Å²) in [5, 5.41) is 0.612. The Kier molecular flexibility index (Phi) is 3.69. The standard InChI is InChI=1S/C18H21N5OS/c1-2-4-18(3-1)5-9-22(10-6-18)16-21-13-14(15-19-7-11-23(15)16)25-17-20-8-12-24-17/h7-8,11-13H,1-6,9-10H2. The van der Waals surface area contributed by atoms with E-state index in [4.69, 9.17) is 9.40 Å². The van der Waals surface area contributed by atoms with Crippen molar-refractivity contribution in [1.82, 2.24) is 19.4 Å². The molecule has 0 radical (unpaired) electrons. The van der Waals surface area contributed by atoms with Crippen molar-refractivity contribution in [3.8, 4) is 0 Å². The SMILES string of the molecule is c1coc(Sc2cnc(N3CCC4(CCCC4)CC3)n3ccnc23)n1. The molecule has 2 aliphatic rings. The highest BCUT2D eigenvalue weighted by molar-refractivity contribution is 7.99. The summed E-state index contributed by atoms with van der Waals surface area (Å²) >= 11 is 1.46. The van der Waals surface area contributed by atoms with Crippen molar-refractivity contribution in [3.63, 3.8) is 0 Å².